The molecule has 3 unspecified atom stereocenters. The Morgan fingerprint density at radius 3 is 2.41 bits per heavy atom. The molecule has 0 aliphatic heterocycles. The summed E-state index contributed by atoms with van der Waals surface area (Å²) in [6.45, 7) is 6.13. The summed E-state index contributed by atoms with van der Waals surface area (Å²) in [5.41, 5.74) is 0. The first-order valence-electron chi connectivity index (χ1n) is 6.11. The minimum atomic E-state index is -0.487. The van der Waals surface area contributed by atoms with E-state index in [0.29, 0.717) is 25.8 Å². The number of aliphatic hydroxyl groups is 1. The minimum absolute atomic E-state index is 0.0144. The van der Waals surface area contributed by atoms with E-state index in [2.05, 4.69) is 12.2 Å². The molecule has 0 rings (SSSR count). The average Bonchev–Trinajstić information content (AvgIpc) is 2.31. The van der Waals surface area contributed by atoms with Gasteiger partial charge in [0.25, 0.3) is 0 Å². The van der Waals surface area contributed by atoms with E-state index in [9.17, 15) is 5.11 Å². The molecule has 3 atom stereocenters. The highest BCUT2D eigenvalue weighted by molar-refractivity contribution is 4.65. The van der Waals surface area contributed by atoms with Gasteiger partial charge in [0, 0.05) is 33.4 Å². The van der Waals surface area contributed by atoms with Crippen molar-refractivity contribution >= 4 is 0 Å². The molecular weight excluding hydrogens is 222 g/mol. The van der Waals surface area contributed by atoms with Crippen LogP contribution in [0.25, 0.3) is 0 Å². The highest BCUT2D eigenvalue weighted by atomic mass is 16.5. The molecule has 0 aliphatic carbocycles. The molecule has 5 heteroatoms. The smallest absolute Gasteiger partial charge is 0.0897 e. The van der Waals surface area contributed by atoms with Gasteiger partial charge in [-0.25, -0.2) is 0 Å². The van der Waals surface area contributed by atoms with Crippen molar-refractivity contribution in [3.63, 3.8) is 0 Å². The van der Waals surface area contributed by atoms with Gasteiger partial charge >= 0.3 is 0 Å². The third-order valence-corrected chi connectivity index (χ3v) is 2.43. The molecule has 5 nitrogen and oxygen atoms in total. The second-order valence-corrected chi connectivity index (χ2v) is 4.34. The summed E-state index contributed by atoms with van der Waals surface area (Å²) in [7, 11) is 3.32. The highest BCUT2D eigenvalue weighted by Gasteiger charge is 2.09. The Morgan fingerprint density at radius 1 is 1.12 bits per heavy atom. The zero-order valence-electron chi connectivity index (χ0n) is 11.4. The molecule has 0 bridgehead atoms. The second-order valence-electron chi connectivity index (χ2n) is 4.34. The lowest BCUT2D eigenvalue weighted by Crippen LogP contribution is -2.37. The maximum absolute atomic E-state index is 9.68. The van der Waals surface area contributed by atoms with Gasteiger partial charge < -0.3 is 24.6 Å². The lowest BCUT2D eigenvalue weighted by molar-refractivity contribution is -0.0316. The number of hydrogen-bond donors (Lipinski definition) is 2. The van der Waals surface area contributed by atoms with Gasteiger partial charge in [-0.2, -0.15) is 0 Å². The van der Waals surface area contributed by atoms with Gasteiger partial charge in [-0.3, -0.25) is 0 Å². The van der Waals surface area contributed by atoms with Crippen LogP contribution in [-0.2, 0) is 14.2 Å². The topological polar surface area (TPSA) is 60.0 Å². The molecule has 0 heterocycles. The predicted molar refractivity (Wildman–Crippen MR) is 67.3 cm³/mol. The van der Waals surface area contributed by atoms with E-state index in [1.807, 2.05) is 6.92 Å². The van der Waals surface area contributed by atoms with Crippen molar-refractivity contribution in [3.05, 3.63) is 0 Å². The van der Waals surface area contributed by atoms with Crippen molar-refractivity contribution in [1.82, 2.24) is 5.32 Å². The van der Waals surface area contributed by atoms with E-state index >= 15 is 0 Å². The van der Waals surface area contributed by atoms with E-state index in [0.717, 1.165) is 13.0 Å². The van der Waals surface area contributed by atoms with Crippen molar-refractivity contribution in [2.24, 2.45) is 0 Å². The first-order valence-corrected chi connectivity index (χ1v) is 6.11. The maximum Gasteiger partial charge on any atom is 0.0897 e. The molecule has 0 saturated carbocycles. The molecule has 0 amide bonds. The standard InChI is InChI=1S/C12H27NO4/c1-10(5-6-15-3)13-7-12(14)9-17-11(2)8-16-4/h10-14H,5-9H2,1-4H3. The van der Waals surface area contributed by atoms with Crippen LogP contribution in [0.15, 0.2) is 0 Å². The molecule has 0 fully saturated rings. The van der Waals surface area contributed by atoms with Crippen molar-refractivity contribution in [2.75, 3.05) is 40.6 Å². The van der Waals surface area contributed by atoms with Gasteiger partial charge in [0.1, 0.15) is 0 Å². The van der Waals surface area contributed by atoms with Gasteiger partial charge in [0.2, 0.25) is 0 Å². The number of nitrogens with one attached hydrogen (secondary N) is 1. The number of hydrogen-bond acceptors (Lipinski definition) is 5. The summed E-state index contributed by atoms with van der Waals surface area (Å²) < 4.78 is 15.3. The van der Waals surface area contributed by atoms with Gasteiger partial charge in [0.05, 0.1) is 25.4 Å². The molecule has 0 saturated heterocycles. The Balaban J connectivity index is 3.48. The Hall–Kier alpha value is -0.200. The van der Waals surface area contributed by atoms with E-state index in [-0.39, 0.29) is 6.10 Å². The van der Waals surface area contributed by atoms with Crippen LogP contribution in [0.3, 0.4) is 0 Å². The van der Waals surface area contributed by atoms with Crippen LogP contribution in [0.2, 0.25) is 0 Å². The minimum Gasteiger partial charge on any atom is -0.389 e. The molecule has 0 aliphatic rings. The number of methoxy groups -OCH3 is 2. The lowest BCUT2D eigenvalue weighted by atomic mass is 10.2. The van der Waals surface area contributed by atoms with Gasteiger partial charge in [-0.1, -0.05) is 0 Å². The lowest BCUT2D eigenvalue weighted by Gasteiger charge is -2.19. The summed E-state index contributed by atoms with van der Waals surface area (Å²) >= 11 is 0. The monoisotopic (exact) mass is 249 g/mol. The fraction of sp³-hybridized carbons (Fsp3) is 1.00. The zero-order chi connectivity index (χ0) is 13.1. The van der Waals surface area contributed by atoms with Crippen LogP contribution in [0, 0.1) is 0 Å². The fourth-order valence-electron chi connectivity index (χ4n) is 1.35. The number of rotatable bonds is 11. The third kappa shape index (κ3) is 10.7. The molecule has 0 radical (unpaired) electrons. The van der Waals surface area contributed by atoms with E-state index < -0.39 is 6.10 Å². The first kappa shape index (κ1) is 16.8. The van der Waals surface area contributed by atoms with Crippen molar-refractivity contribution in [3.8, 4) is 0 Å². The van der Waals surface area contributed by atoms with Crippen LogP contribution >= 0.6 is 0 Å². The van der Waals surface area contributed by atoms with Crippen LogP contribution in [0.5, 0.6) is 0 Å². The molecule has 2 N–H and O–H groups in total. The van der Waals surface area contributed by atoms with Gasteiger partial charge in [-0.15, -0.1) is 0 Å². The normalized spacial score (nSPS) is 16.8. The maximum atomic E-state index is 9.68. The van der Waals surface area contributed by atoms with Crippen LogP contribution < -0.4 is 5.32 Å². The second kappa shape index (κ2) is 10.9. The summed E-state index contributed by atoms with van der Waals surface area (Å²) in [5.74, 6) is 0. The fourth-order valence-corrected chi connectivity index (χ4v) is 1.35. The predicted octanol–water partition coefficient (Wildman–Crippen LogP) is 0.413. The van der Waals surface area contributed by atoms with Crippen molar-refractivity contribution in [1.29, 1.82) is 0 Å². The Morgan fingerprint density at radius 2 is 1.82 bits per heavy atom. The Kier molecular flexibility index (Phi) is 10.8. The van der Waals surface area contributed by atoms with Crippen LogP contribution in [0.1, 0.15) is 20.3 Å². The van der Waals surface area contributed by atoms with Crippen LogP contribution in [0.4, 0.5) is 0 Å². The molecule has 17 heavy (non-hydrogen) atoms. The summed E-state index contributed by atoms with van der Waals surface area (Å²) in [5, 5.41) is 12.9. The molecule has 0 aromatic heterocycles. The summed E-state index contributed by atoms with van der Waals surface area (Å²) in [4.78, 5) is 0. The highest BCUT2D eigenvalue weighted by Crippen LogP contribution is 1.95. The zero-order valence-corrected chi connectivity index (χ0v) is 11.4. The van der Waals surface area contributed by atoms with E-state index in [1.54, 1.807) is 14.2 Å². The Labute approximate surface area is 104 Å². The average molecular weight is 249 g/mol. The van der Waals surface area contributed by atoms with Gasteiger partial charge in [-0.05, 0) is 20.3 Å². The quantitative estimate of drug-likeness (QED) is 0.555. The largest absolute Gasteiger partial charge is 0.389 e. The first-order chi connectivity index (χ1) is 8.10. The SMILES string of the molecule is COCCC(C)NCC(O)COC(C)COC. The molecular formula is C12H27NO4. The van der Waals surface area contributed by atoms with Crippen molar-refractivity contribution in [2.45, 2.75) is 38.5 Å². The van der Waals surface area contributed by atoms with E-state index in [4.69, 9.17) is 14.2 Å². The van der Waals surface area contributed by atoms with E-state index in [1.165, 1.54) is 0 Å². The van der Waals surface area contributed by atoms with Gasteiger partial charge in [0.15, 0.2) is 0 Å². The molecule has 0 aromatic carbocycles. The van der Waals surface area contributed by atoms with Crippen LogP contribution in [-0.4, -0.2) is 63.9 Å². The summed E-state index contributed by atoms with van der Waals surface area (Å²) in [6.07, 6.45) is 0.462. The number of ether oxygens (including phenoxy) is 3. The third-order valence-electron chi connectivity index (χ3n) is 2.43. The molecule has 104 valence electrons. The molecule has 0 spiro atoms. The Bertz CT molecular complexity index is 169. The summed E-state index contributed by atoms with van der Waals surface area (Å²) in [6, 6.07) is 0.334. The van der Waals surface area contributed by atoms with Crippen molar-refractivity contribution < 1.29 is 19.3 Å². The molecule has 0 aromatic rings. The number of aliphatic hydroxyl groups excluding tert-OH is 1.